The number of nitrogens with zero attached hydrogens (tertiary/aromatic N) is 1. The van der Waals surface area contributed by atoms with Crippen molar-refractivity contribution in [3.8, 4) is 11.5 Å². The fourth-order valence-corrected chi connectivity index (χ4v) is 4.41. The number of ether oxygens (including phenoxy) is 2. The third-order valence-electron chi connectivity index (χ3n) is 4.82. The minimum atomic E-state index is -3.57. The third kappa shape index (κ3) is 4.80. The lowest BCUT2D eigenvalue weighted by Gasteiger charge is -2.28. The molecule has 0 saturated carbocycles. The zero-order valence-corrected chi connectivity index (χ0v) is 16.6. The van der Waals surface area contributed by atoms with Gasteiger partial charge in [0.05, 0.1) is 19.1 Å². The van der Waals surface area contributed by atoms with Gasteiger partial charge in [-0.15, -0.1) is 0 Å². The van der Waals surface area contributed by atoms with E-state index in [4.69, 9.17) is 9.47 Å². The van der Waals surface area contributed by atoms with Gasteiger partial charge in [-0.05, 0) is 42.6 Å². The van der Waals surface area contributed by atoms with Crippen LogP contribution in [0.2, 0.25) is 0 Å². The Kier molecular flexibility index (Phi) is 6.36. The van der Waals surface area contributed by atoms with Gasteiger partial charge in [-0.2, -0.15) is 0 Å². The number of methoxy groups -OCH3 is 2. The predicted octanol–water partition coefficient (Wildman–Crippen LogP) is 2.43. The standard InChI is InChI=1S/C20H26N2O4S/c1-25-19-9-8-18(14-20(19)26-2)27(23,24)21-11-5-12-22-13-10-16-6-3-4-7-17(16)15-22/h3-4,6-9,14,21H,5,10-13,15H2,1-2H3. The average molecular weight is 391 g/mol. The van der Waals surface area contributed by atoms with Crippen molar-refractivity contribution < 1.29 is 17.9 Å². The molecule has 6 nitrogen and oxygen atoms in total. The monoisotopic (exact) mass is 390 g/mol. The molecule has 1 aliphatic rings. The Morgan fingerprint density at radius 2 is 1.78 bits per heavy atom. The van der Waals surface area contributed by atoms with Crippen LogP contribution >= 0.6 is 0 Å². The Bertz CT molecular complexity index is 883. The van der Waals surface area contributed by atoms with Crippen molar-refractivity contribution in [2.75, 3.05) is 33.9 Å². The van der Waals surface area contributed by atoms with Crippen LogP contribution in [-0.4, -0.2) is 47.2 Å². The highest BCUT2D eigenvalue weighted by Crippen LogP contribution is 2.29. The first kappa shape index (κ1) is 19.7. The molecule has 1 heterocycles. The number of fused-ring (bicyclic) bond motifs is 1. The second-order valence-corrected chi connectivity index (χ2v) is 8.33. The third-order valence-corrected chi connectivity index (χ3v) is 6.28. The first-order valence-corrected chi connectivity index (χ1v) is 10.5. The summed E-state index contributed by atoms with van der Waals surface area (Å²) in [4.78, 5) is 2.54. The Balaban J connectivity index is 1.51. The van der Waals surface area contributed by atoms with E-state index in [0.29, 0.717) is 18.0 Å². The Labute approximate surface area is 161 Å². The molecule has 7 heteroatoms. The Morgan fingerprint density at radius 3 is 2.52 bits per heavy atom. The second kappa shape index (κ2) is 8.73. The summed E-state index contributed by atoms with van der Waals surface area (Å²) < 4.78 is 38.0. The Morgan fingerprint density at radius 1 is 1.04 bits per heavy atom. The van der Waals surface area contributed by atoms with E-state index in [-0.39, 0.29) is 4.90 Å². The number of sulfonamides is 1. The second-order valence-electron chi connectivity index (χ2n) is 6.56. The molecule has 0 radical (unpaired) electrons. The minimum absolute atomic E-state index is 0.173. The molecular weight excluding hydrogens is 364 g/mol. The van der Waals surface area contributed by atoms with Crippen molar-refractivity contribution >= 4 is 10.0 Å². The maximum absolute atomic E-state index is 12.5. The summed E-state index contributed by atoms with van der Waals surface area (Å²) in [7, 11) is -0.572. The highest BCUT2D eigenvalue weighted by molar-refractivity contribution is 7.89. The summed E-state index contributed by atoms with van der Waals surface area (Å²) in [6.45, 7) is 3.20. The van der Waals surface area contributed by atoms with E-state index in [2.05, 4.69) is 33.9 Å². The fourth-order valence-electron chi connectivity index (χ4n) is 3.32. The van der Waals surface area contributed by atoms with E-state index in [1.54, 1.807) is 6.07 Å². The quantitative estimate of drug-likeness (QED) is 0.701. The highest BCUT2D eigenvalue weighted by Gasteiger charge is 2.18. The number of nitrogens with one attached hydrogen (secondary N) is 1. The summed E-state index contributed by atoms with van der Waals surface area (Å²) in [5.74, 6) is 0.897. The van der Waals surface area contributed by atoms with Gasteiger partial charge in [-0.3, -0.25) is 4.90 Å². The zero-order valence-electron chi connectivity index (χ0n) is 15.8. The summed E-state index contributed by atoms with van der Waals surface area (Å²) in [6.07, 6.45) is 1.81. The maximum atomic E-state index is 12.5. The fraction of sp³-hybridized carbons (Fsp3) is 0.400. The molecule has 0 unspecified atom stereocenters. The van der Waals surface area contributed by atoms with Crippen molar-refractivity contribution in [3.05, 3.63) is 53.6 Å². The summed E-state index contributed by atoms with van der Waals surface area (Å²) in [6, 6.07) is 13.1. The largest absolute Gasteiger partial charge is 0.493 e. The maximum Gasteiger partial charge on any atom is 0.240 e. The number of hydrogen-bond acceptors (Lipinski definition) is 5. The molecule has 1 N–H and O–H groups in total. The first-order chi connectivity index (χ1) is 13.0. The molecular formula is C20H26N2O4S. The van der Waals surface area contributed by atoms with Gasteiger partial charge in [0.2, 0.25) is 10.0 Å². The van der Waals surface area contributed by atoms with Crippen LogP contribution in [0.25, 0.3) is 0 Å². The van der Waals surface area contributed by atoms with E-state index in [1.165, 1.54) is 37.5 Å². The molecule has 2 aromatic carbocycles. The van der Waals surface area contributed by atoms with Crippen LogP contribution in [0.1, 0.15) is 17.5 Å². The van der Waals surface area contributed by atoms with E-state index in [9.17, 15) is 8.42 Å². The minimum Gasteiger partial charge on any atom is -0.493 e. The average Bonchev–Trinajstić information content (AvgIpc) is 2.70. The molecule has 3 rings (SSSR count). The van der Waals surface area contributed by atoms with E-state index in [0.717, 1.165) is 32.5 Å². The van der Waals surface area contributed by atoms with Crippen molar-refractivity contribution in [2.45, 2.75) is 24.3 Å². The summed E-state index contributed by atoms with van der Waals surface area (Å²) >= 11 is 0. The van der Waals surface area contributed by atoms with E-state index >= 15 is 0 Å². The molecule has 27 heavy (non-hydrogen) atoms. The molecule has 2 aromatic rings. The molecule has 146 valence electrons. The van der Waals surface area contributed by atoms with Crippen LogP contribution in [0.3, 0.4) is 0 Å². The lowest BCUT2D eigenvalue weighted by Crippen LogP contribution is -2.33. The molecule has 0 aliphatic carbocycles. The Hall–Kier alpha value is -2.09. The molecule has 0 bridgehead atoms. The lowest BCUT2D eigenvalue weighted by atomic mass is 10.00. The predicted molar refractivity (Wildman–Crippen MR) is 105 cm³/mol. The van der Waals surface area contributed by atoms with Crippen LogP contribution in [0, 0.1) is 0 Å². The van der Waals surface area contributed by atoms with Crippen molar-refractivity contribution in [2.24, 2.45) is 0 Å². The van der Waals surface area contributed by atoms with Gasteiger partial charge in [0.25, 0.3) is 0 Å². The smallest absolute Gasteiger partial charge is 0.240 e. The molecule has 0 saturated heterocycles. The summed E-state index contributed by atoms with van der Waals surface area (Å²) in [5.41, 5.74) is 2.79. The zero-order chi connectivity index (χ0) is 19.3. The SMILES string of the molecule is COc1ccc(S(=O)(=O)NCCCN2CCc3ccccc3C2)cc1OC. The topological polar surface area (TPSA) is 67.9 Å². The normalized spacial score (nSPS) is 14.6. The van der Waals surface area contributed by atoms with Crippen molar-refractivity contribution in [1.29, 1.82) is 0 Å². The highest BCUT2D eigenvalue weighted by atomic mass is 32.2. The van der Waals surface area contributed by atoms with Gasteiger partial charge in [0.1, 0.15) is 0 Å². The molecule has 0 aromatic heterocycles. The van der Waals surface area contributed by atoms with Crippen LogP contribution < -0.4 is 14.2 Å². The van der Waals surface area contributed by atoms with Crippen molar-refractivity contribution in [1.82, 2.24) is 9.62 Å². The van der Waals surface area contributed by atoms with Gasteiger partial charge in [-0.1, -0.05) is 24.3 Å². The molecule has 1 aliphatic heterocycles. The van der Waals surface area contributed by atoms with Gasteiger partial charge >= 0.3 is 0 Å². The van der Waals surface area contributed by atoms with E-state index in [1.807, 2.05) is 0 Å². The number of hydrogen-bond donors (Lipinski definition) is 1. The molecule has 0 spiro atoms. The summed E-state index contributed by atoms with van der Waals surface area (Å²) in [5, 5.41) is 0. The molecule has 0 atom stereocenters. The van der Waals surface area contributed by atoms with Crippen LogP contribution in [-0.2, 0) is 23.0 Å². The van der Waals surface area contributed by atoms with Gasteiger partial charge in [0.15, 0.2) is 11.5 Å². The molecule has 0 amide bonds. The van der Waals surface area contributed by atoms with Crippen LogP contribution in [0.4, 0.5) is 0 Å². The first-order valence-electron chi connectivity index (χ1n) is 9.04. The van der Waals surface area contributed by atoms with Crippen molar-refractivity contribution in [3.63, 3.8) is 0 Å². The van der Waals surface area contributed by atoms with Gasteiger partial charge in [0, 0.05) is 25.7 Å². The van der Waals surface area contributed by atoms with Crippen LogP contribution in [0.5, 0.6) is 11.5 Å². The molecule has 0 fully saturated rings. The van der Waals surface area contributed by atoms with E-state index < -0.39 is 10.0 Å². The van der Waals surface area contributed by atoms with Gasteiger partial charge in [-0.25, -0.2) is 13.1 Å². The van der Waals surface area contributed by atoms with Crippen LogP contribution in [0.15, 0.2) is 47.4 Å². The number of benzene rings is 2. The number of rotatable bonds is 8. The lowest BCUT2D eigenvalue weighted by molar-refractivity contribution is 0.251. The van der Waals surface area contributed by atoms with Gasteiger partial charge < -0.3 is 9.47 Å².